The number of nitrogens with one attached hydrogen (secondary N) is 1. The number of nitrogen functional groups attached to an aromatic ring is 1. The van der Waals surface area contributed by atoms with E-state index in [2.05, 4.69) is 0 Å². The zero-order chi connectivity index (χ0) is 13.1. The van der Waals surface area contributed by atoms with E-state index in [1.807, 2.05) is 6.92 Å². The molecule has 0 bridgehead atoms. The SMILES string of the molecule is Cc1cc(C(=N)N)ccc1Oc1ccccc1F. The maximum absolute atomic E-state index is 13.4. The first-order valence-electron chi connectivity index (χ1n) is 5.45. The summed E-state index contributed by atoms with van der Waals surface area (Å²) in [4.78, 5) is 0. The van der Waals surface area contributed by atoms with Crippen LogP contribution in [0.15, 0.2) is 42.5 Å². The molecule has 0 fully saturated rings. The summed E-state index contributed by atoms with van der Waals surface area (Å²) in [5, 5.41) is 7.33. The summed E-state index contributed by atoms with van der Waals surface area (Å²) >= 11 is 0. The van der Waals surface area contributed by atoms with Crippen LogP contribution in [0, 0.1) is 18.2 Å². The average Bonchev–Trinajstić information content (AvgIpc) is 2.34. The topological polar surface area (TPSA) is 59.1 Å². The Morgan fingerprint density at radius 1 is 1.17 bits per heavy atom. The van der Waals surface area contributed by atoms with Gasteiger partial charge in [-0.25, -0.2) is 4.39 Å². The Kier molecular flexibility index (Phi) is 3.28. The average molecular weight is 244 g/mol. The Morgan fingerprint density at radius 2 is 1.89 bits per heavy atom. The van der Waals surface area contributed by atoms with Crippen LogP contribution in [0.2, 0.25) is 0 Å². The highest BCUT2D eigenvalue weighted by atomic mass is 19.1. The Hall–Kier alpha value is -2.36. The first kappa shape index (κ1) is 12.1. The van der Waals surface area contributed by atoms with Crippen LogP contribution in [0.1, 0.15) is 11.1 Å². The molecule has 0 saturated carbocycles. The van der Waals surface area contributed by atoms with E-state index in [9.17, 15) is 4.39 Å². The molecule has 0 radical (unpaired) electrons. The fraction of sp³-hybridized carbons (Fsp3) is 0.0714. The van der Waals surface area contributed by atoms with Crippen LogP contribution in [0.25, 0.3) is 0 Å². The molecule has 3 N–H and O–H groups in total. The van der Waals surface area contributed by atoms with E-state index < -0.39 is 5.82 Å². The van der Waals surface area contributed by atoms with Crippen LogP contribution in [0.4, 0.5) is 4.39 Å². The largest absolute Gasteiger partial charge is 0.454 e. The maximum atomic E-state index is 13.4. The number of aryl methyl sites for hydroxylation is 1. The van der Waals surface area contributed by atoms with Crippen LogP contribution in [-0.2, 0) is 0 Å². The second-order valence-corrected chi connectivity index (χ2v) is 3.93. The third-order valence-corrected chi connectivity index (χ3v) is 2.54. The fourth-order valence-corrected chi connectivity index (χ4v) is 1.58. The van der Waals surface area contributed by atoms with Gasteiger partial charge in [0.15, 0.2) is 11.6 Å². The molecular weight excluding hydrogens is 231 g/mol. The Balaban J connectivity index is 2.30. The molecule has 0 heterocycles. The minimum atomic E-state index is -0.410. The Labute approximate surface area is 105 Å². The first-order chi connectivity index (χ1) is 8.58. The van der Waals surface area contributed by atoms with E-state index in [4.69, 9.17) is 15.9 Å². The number of halogens is 1. The van der Waals surface area contributed by atoms with Crippen molar-refractivity contribution in [3.05, 3.63) is 59.4 Å². The lowest BCUT2D eigenvalue weighted by Gasteiger charge is -2.10. The van der Waals surface area contributed by atoms with Crippen molar-refractivity contribution in [2.24, 2.45) is 5.73 Å². The molecule has 2 aromatic carbocycles. The van der Waals surface area contributed by atoms with Gasteiger partial charge in [0.2, 0.25) is 0 Å². The highest BCUT2D eigenvalue weighted by Crippen LogP contribution is 2.27. The molecule has 3 nitrogen and oxygen atoms in total. The standard InChI is InChI=1S/C14H13FN2O/c1-9-8-10(14(16)17)6-7-12(9)18-13-5-3-2-4-11(13)15/h2-8H,1H3,(H3,16,17). The van der Waals surface area contributed by atoms with Gasteiger partial charge < -0.3 is 10.5 Å². The van der Waals surface area contributed by atoms with Crippen molar-refractivity contribution in [2.45, 2.75) is 6.92 Å². The highest BCUT2D eigenvalue weighted by molar-refractivity contribution is 5.95. The lowest BCUT2D eigenvalue weighted by atomic mass is 10.1. The van der Waals surface area contributed by atoms with E-state index in [1.54, 1.807) is 36.4 Å². The zero-order valence-corrected chi connectivity index (χ0v) is 9.91. The Bertz CT molecular complexity index is 596. The van der Waals surface area contributed by atoms with Gasteiger partial charge in [-0.2, -0.15) is 0 Å². The summed E-state index contributed by atoms with van der Waals surface area (Å²) in [6, 6.07) is 11.3. The lowest BCUT2D eigenvalue weighted by molar-refractivity contribution is 0.439. The first-order valence-corrected chi connectivity index (χ1v) is 5.45. The number of nitrogens with two attached hydrogens (primary N) is 1. The van der Waals surface area contributed by atoms with Crippen LogP contribution in [0.3, 0.4) is 0 Å². The molecule has 0 aliphatic heterocycles. The second kappa shape index (κ2) is 4.87. The normalized spacial score (nSPS) is 10.1. The van der Waals surface area contributed by atoms with Gasteiger partial charge in [-0.05, 0) is 42.8 Å². The molecule has 18 heavy (non-hydrogen) atoms. The number of hydrogen-bond acceptors (Lipinski definition) is 2. The number of amidine groups is 1. The van der Waals surface area contributed by atoms with Gasteiger partial charge in [-0.1, -0.05) is 12.1 Å². The van der Waals surface area contributed by atoms with E-state index in [1.165, 1.54) is 6.07 Å². The summed E-state index contributed by atoms with van der Waals surface area (Å²) in [6.45, 7) is 1.82. The summed E-state index contributed by atoms with van der Waals surface area (Å²) in [5.74, 6) is 0.310. The molecule has 0 unspecified atom stereocenters. The molecule has 92 valence electrons. The quantitative estimate of drug-likeness (QED) is 0.643. The second-order valence-electron chi connectivity index (χ2n) is 3.93. The smallest absolute Gasteiger partial charge is 0.165 e. The molecule has 4 heteroatoms. The minimum absolute atomic E-state index is 0.00413. The summed E-state index contributed by atoms with van der Waals surface area (Å²) in [6.07, 6.45) is 0. The van der Waals surface area contributed by atoms with Gasteiger partial charge in [0, 0.05) is 5.56 Å². The Morgan fingerprint density at radius 3 is 2.50 bits per heavy atom. The summed E-state index contributed by atoms with van der Waals surface area (Å²) < 4.78 is 18.9. The molecule has 0 atom stereocenters. The third kappa shape index (κ3) is 2.48. The number of benzene rings is 2. The van der Waals surface area contributed by atoms with E-state index in [-0.39, 0.29) is 11.6 Å². The van der Waals surface area contributed by atoms with Crippen molar-refractivity contribution in [2.75, 3.05) is 0 Å². The van der Waals surface area contributed by atoms with E-state index >= 15 is 0 Å². The molecule has 0 aromatic heterocycles. The van der Waals surface area contributed by atoms with Gasteiger partial charge in [-0.15, -0.1) is 0 Å². The van der Waals surface area contributed by atoms with Crippen LogP contribution >= 0.6 is 0 Å². The maximum Gasteiger partial charge on any atom is 0.165 e. The van der Waals surface area contributed by atoms with Gasteiger partial charge in [0.1, 0.15) is 11.6 Å². The molecule has 0 saturated heterocycles. The van der Waals surface area contributed by atoms with Crippen molar-refractivity contribution >= 4 is 5.84 Å². The van der Waals surface area contributed by atoms with Crippen molar-refractivity contribution in [1.29, 1.82) is 5.41 Å². The number of rotatable bonds is 3. The highest BCUT2D eigenvalue weighted by Gasteiger charge is 2.07. The molecule has 0 amide bonds. The van der Waals surface area contributed by atoms with Crippen LogP contribution in [-0.4, -0.2) is 5.84 Å². The summed E-state index contributed by atoms with van der Waals surface area (Å²) in [5.41, 5.74) is 6.81. The van der Waals surface area contributed by atoms with Crippen molar-refractivity contribution < 1.29 is 9.13 Å². The lowest BCUT2D eigenvalue weighted by Crippen LogP contribution is -2.11. The third-order valence-electron chi connectivity index (χ3n) is 2.54. The molecule has 2 rings (SSSR count). The van der Waals surface area contributed by atoms with Gasteiger partial charge in [0.05, 0.1) is 0 Å². The fourth-order valence-electron chi connectivity index (χ4n) is 1.58. The van der Waals surface area contributed by atoms with Gasteiger partial charge in [-0.3, -0.25) is 5.41 Å². The minimum Gasteiger partial charge on any atom is -0.454 e. The van der Waals surface area contributed by atoms with Crippen molar-refractivity contribution in [3.8, 4) is 11.5 Å². The molecule has 0 aliphatic rings. The van der Waals surface area contributed by atoms with E-state index in [0.29, 0.717) is 11.3 Å². The molecular formula is C14H13FN2O. The predicted molar refractivity (Wildman–Crippen MR) is 68.7 cm³/mol. The molecule has 0 spiro atoms. The van der Waals surface area contributed by atoms with Crippen LogP contribution in [0.5, 0.6) is 11.5 Å². The molecule has 0 aliphatic carbocycles. The summed E-state index contributed by atoms with van der Waals surface area (Å²) in [7, 11) is 0. The predicted octanol–water partition coefficient (Wildman–Crippen LogP) is 3.21. The van der Waals surface area contributed by atoms with Crippen molar-refractivity contribution in [3.63, 3.8) is 0 Å². The van der Waals surface area contributed by atoms with E-state index in [0.717, 1.165) is 5.56 Å². The van der Waals surface area contributed by atoms with Crippen molar-refractivity contribution in [1.82, 2.24) is 0 Å². The van der Waals surface area contributed by atoms with Gasteiger partial charge in [0.25, 0.3) is 0 Å². The molecule has 2 aromatic rings. The number of para-hydroxylation sites is 1. The number of ether oxygens (including phenoxy) is 1. The zero-order valence-electron chi connectivity index (χ0n) is 9.91. The monoisotopic (exact) mass is 244 g/mol. The number of hydrogen-bond donors (Lipinski definition) is 2. The van der Waals surface area contributed by atoms with Crippen LogP contribution < -0.4 is 10.5 Å². The van der Waals surface area contributed by atoms with Gasteiger partial charge >= 0.3 is 0 Å².